The van der Waals surface area contributed by atoms with Crippen molar-refractivity contribution in [3.8, 4) is 39.8 Å². The maximum atomic E-state index is 6.15. The van der Waals surface area contributed by atoms with E-state index < -0.39 is 0 Å². The van der Waals surface area contributed by atoms with Crippen molar-refractivity contribution in [2.75, 3.05) is 38.1 Å². The molecule has 0 amide bonds. The van der Waals surface area contributed by atoms with Crippen molar-refractivity contribution in [3.63, 3.8) is 0 Å². The van der Waals surface area contributed by atoms with E-state index in [1.807, 2.05) is 60.7 Å². The van der Waals surface area contributed by atoms with Gasteiger partial charge in [0, 0.05) is 28.9 Å². The van der Waals surface area contributed by atoms with E-state index in [0.29, 0.717) is 33.1 Å². The first-order valence-corrected chi connectivity index (χ1v) is 12.9. The Balaban J connectivity index is 0.000000208. The molecule has 0 saturated carbocycles. The van der Waals surface area contributed by atoms with E-state index in [-0.39, 0.29) is 11.9 Å². The van der Waals surface area contributed by atoms with Crippen LogP contribution in [0.5, 0.6) is 17.2 Å². The van der Waals surface area contributed by atoms with E-state index in [4.69, 9.17) is 48.9 Å². The molecule has 0 aliphatic rings. The van der Waals surface area contributed by atoms with Gasteiger partial charge in [0.25, 0.3) is 0 Å². The van der Waals surface area contributed by atoms with Gasteiger partial charge in [-0.3, -0.25) is 0 Å². The SMILES string of the molecule is COc1ccc(-c2cc(Cl)nc(N)n2)cc1.COc1ccc(-c2cc(Nc3ccc(OC)c(Cl)c3)nc(N)n2)cc1. The second kappa shape index (κ2) is 13.5. The highest BCUT2D eigenvalue weighted by Crippen LogP contribution is 2.30. The van der Waals surface area contributed by atoms with Gasteiger partial charge in [0.1, 0.15) is 28.2 Å². The zero-order chi connectivity index (χ0) is 29.4. The van der Waals surface area contributed by atoms with E-state index >= 15 is 0 Å². The summed E-state index contributed by atoms with van der Waals surface area (Å²) in [5.41, 5.74) is 15.4. The lowest BCUT2D eigenvalue weighted by atomic mass is 10.1. The number of halogens is 2. The minimum Gasteiger partial charge on any atom is -0.497 e. The lowest BCUT2D eigenvalue weighted by Crippen LogP contribution is -2.01. The summed E-state index contributed by atoms with van der Waals surface area (Å²) < 4.78 is 15.4. The summed E-state index contributed by atoms with van der Waals surface area (Å²) in [6, 6.07) is 23.9. The number of rotatable bonds is 7. The third-order valence-electron chi connectivity index (χ3n) is 5.65. The van der Waals surface area contributed by atoms with Gasteiger partial charge in [-0.1, -0.05) is 23.2 Å². The van der Waals surface area contributed by atoms with Crippen LogP contribution in [0.2, 0.25) is 10.2 Å². The van der Waals surface area contributed by atoms with Crippen LogP contribution in [-0.4, -0.2) is 41.3 Å². The standard InChI is InChI=1S/C18H17ClN4O2.C11H10ClN3O/c1-24-13-6-3-11(4-7-13)15-10-17(23-18(20)22-15)21-12-5-8-16(25-2)14(19)9-12;1-16-8-4-2-7(3-5-8)9-6-10(12)15-11(13)14-9/h3-10H,1-2H3,(H3,20,21,22,23);2-6H,1H3,(H2,13,14,15). The first kappa shape index (κ1) is 29.2. The summed E-state index contributed by atoms with van der Waals surface area (Å²) in [6.07, 6.45) is 0. The average Bonchev–Trinajstić information content (AvgIpc) is 2.97. The van der Waals surface area contributed by atoms with Gasteiger partial charge in [-0.2, -0.15) is 4.98 Å². The molecule has 5 rings (SSSR count). The fourth-order valence-corrected chi connectivity index (χ4v) is 4.12. The molecule has 0 saturated heterocycles. The number of nitrogen functional groups attached to an aromatic ring is 2. The molecule has 0 spiro atoms. The topological polar surface area (TPSA) is 143 Å². The van der Waals surface area contributed by atoms with Crippen LogP contribution >= 0.6 is 23.2 Å². The third kappa shape index (κ3) is 7.87. The fourth-order valence-electron chi connectivity index (χ4n) is 3.68. The van der Waals surface area contributed by atoms with Crippen molar-refractivity contribution >= 4 is 46.6 Å². The minimum absolute atomic E-state index is 0.165. The smallest absolute Gasteiger partial charge is 0.222 e. The van der Waals surface area contributed by atoms with Gasteiger partial charge in [-0.25, -0.2) is 15.0 Å². The van der Waals surface area contributed by atoms with E-state index in [1.54, 1.807) is 39.5 Å². The number of anilines is 4. The predicted molar refractivity (Wildman–Crippen MR) is 163 cm³/mol. The molecule has 0 unspecified atom stereocenters. The van der Waals surface area contributed by atoms with E-state index in [0.717, 1.165) is 28.3 Å². The molecule has 10 nitrogen and oxygen atoms in total. The second-order valence-corrected chi connectivity index (χ2v) is 9.16. The van der Waals surface area contributed by atoms with Crippen molar-refractivity contribution in [1.29, 1.82) is 0 Å². The van der Waals surface area contributed by atoms with Crippen molar-refractivity contribution in [2.24, 2.45) is 0 Å². The number of nitrogens with two attached hydrogens (primary N) is 2. The van der Waals surface area contributed by atoms with Crippen LogP contribution in [0.4, 0.5) is 23.4 Å². The van der Waals surface area contributed by atoms with Crippen molar-refractivity contribution < 1.29 is 14.2 Å². The Bertz CT molecular complexity index is 1600. The summed E-state index contributed by atoms with van der Waals surface area (Å²) in [5.74, 6) is 3.08. The van der Waals surface area contributed by atoms with E-state index in [2.05, 4.69) is 25.3 Å². The Morgan fingerprint density at radius 1 is 0.610 bits per heavy atom. The van der Waals surface area contributed by atoms with Crippen molar-refractivity contribution in [3.05, 3.63) is 89.0 Å². The maximum absolute atomic E-state index is 6.15. The Labute approximate surface area is 247 Å². The van der Waals surface area contributed by atoms with Crippen LogP contribution in [0.3, 0.4) is 0 Å². The van der Waals surface area contributed by atoms with Crippen molar-refractivity contribution in [2.45, 2.75) is 0 Å². The molecule has 0 fully saturated rings. The van der Waals surface area contributed by atoms with Gasteiger partial charge >= 0.3 is 0 Å². The van der Waals surface area contributed by atoms with E-state index in [1.165, 1.54) is 0 Å². The third-order valence-corrected chi connectivity index (χ3v) is 6.14. The minimum atomic E-state index is 0.165. The molecule has 0 aliphatic heterocycles. The summed E-state index contributed by atoms with van der Waals surface area (Å²) in [5, 5.41) is 4.01. The molecule has 2 aromatic heterocycles. The molecule has 12 heteroatoms. The molecular formula is C29H27Cl2N7O3. The van der Waals surface area contributed by atoms with Crippen LogP contribution in [0.25, 0.3) is 22.5 Å². The normalized spacial score (nSPS) is 10.3. The Morgan fingerprint density at radius 2 is 1.15 bits per heavy atom. The molecule has 210 valence electrons. The number of nitrogens with zero attached hydrogens (tertiary/aromatic N) is 4. The van der Waals surface area contributed by atoms with Gasteiger partial charge in [0.05, 0.1) is 37.7 Å². The number of nitrogens with one attached hydrogen (secondary N) is 1. The van der Waals surface area contributed by atoms with Gasteiger partial charge < -0.3 is 31.0 Å². The quantitative estimate of drug-likeness (QED) is 0.179. The Hall–Kier alpha value is -4.80. The first-order chi connectivity index (χ1) is 19.8. The molecule has 41 heavy (non-hydrogen) atoms. The van der Waals surface area contributed by atoms with Gasteiger partial charge in [0.2, 0.25) is 11.9 Å². The first-order valence-electron chi connectivity index (χ1n) is 12.1. The number of ether oxygens (including phenoxy) is 3. The Morgan fingerprint density at radius 3 is 1.63 bits per heavy atom. The van der Waals surface area contributed by atoms with Crippen LogP contribution < -0.4 is 31.0 Å². The van der Waals surface area contributed by atoms with Crippen molar-refractivity contribution in [1.82, 2.24) is 19.9 Å². The largest absolute Gasteiger partial charge is 0.497 e. The zero-order valence-corrected chi connectivity index (χ0v) is 23.9. The number of hydrogen-bond donors (Lipinski definition) is 3. The molecule has 0 atom stereocenters. The highest BCUT2D eigenvalue weighted by Gasteiger charge is 2.08. The summed E-state index contributed by atoms with van der Waals surface area (Å²) in [6.45, 7) is 0. The van der Waals surface area contributed by atoms with Gasteiger partial charge in [0.15, 0.2) is 0 Å². The lowest BCUT2D eigenvalue weighted by Gasteiger charge is -2.10. The van der Waals surface area contributed by atoms with Crippen LogP contribution in [0.1, 0.15) is 0 Å². The highest BCUT2D eigenvalue weighted by molar-refractivity contribution is 6.32. The number of benzene rings is 3. The molecule has 5 aromatic rings. The van der Waals surface area contributed by atoms with E-state index in [9.17, 15) is 0 Å². The zero-order valence-electron chi connectivity index (χ0n) is 22.4. The summed E-state index contributed by atoms with van der Waals surface area (Å²) in [4.78, 5) is 16.4. The van der Waals surface area contributed by atoms with Crippen LogP contribution in [0.15, 0.2) is 78.9 Å². The van der Waals surface area contributed by atoms with Gasteiger partial charge in [-0.05, 0) is 66.7 Å². The highest BCUT2D eigenvalue weighted by atomic mass is 35.5. The molecule has 0 radical (unpaired) electrons. The fraction of sp³-hybridized carbons (Fsp3) is 0.103. The monoisotopic (exact) mass is 591 g/mol. The molecule has 3 aromatic carbocycles. The molecule has 2 heterocycles. The maximum Gasteiger partial charge on any atom is 0.222 e. The second-order valence-electron chi connectivity index (χ2n) is 8.36. The Kier molecular flexibility index (Phi) is 9.62. The molecule has 5 N–H and O–H groups in total. The van der Waals surface area contributed by atoms with Crippen LogP contribution in [0, 0.1) is 0 Å². The summed E-state index contributed by atoms with van der Waals surface area (Å²) >= 11 is 12.0. The van der Waals surface area contributed by atoms with Gasteiger partial charge in [-0.15, -0.1) is 0 Å². The number of aromatic nitrogens is 4. The molecule has 0 aliphatic carbocycles. The van der Waals surface area contributed by atoms with Crippen LogP contribution in [-0.2, 0) is 0 Å². The average molecular weight is 592 g/mol. The number of hydrogen-bond acceptors (Lipinski definition) is 10. The lowest BCUT2D eigenvalue weighted by molar-refractivity contribution is 0.415. The molecular weight excluding hydrogens is 565 g/mol. The predicted octanol–water partition coefficient (Wildman–Crippen LogP) is 6.53. The number of methoxy groups -OCH3 is 3. The summed E-state index contributed by atoms with van der Waals surface area (Å²) in [7, 11) is 4.81. The molecule has 0 bridgehead atoms.